The van der Waals surface area contributed by atoms with E-state index in [1.807, 2.05) is 6.08 Å². The highest BCUT2D eigenvalue weighted by Crippen LogP contribution is 2.64. The van der Waals surface area contributed by atoms with Gasteiger partial charge in [0, 0.05) is 17.5 Å². The van der Waals surface area contributed by atoms with Crippen molar-refractivity contribution >= 4 is 58.5 Å². The van der Waals surface area contributed by atoms with Gasteiger partial charge in [0.05, 0.1) is 40.3 Å². The number of hydrogen-bond donors (Lipinski definition) is 2. The monoisotopic (exact) mass is 614 g/mol. The van der Waals surface area contributed by atoms with E-state index in [0.29, 0.717) is 11.1 Å². The van der Waals surface area contributed by atoms with Crippen LogP contribution in [0.25, 0.3) is 0 Å². The summed E-state index contributed by atoms with van der Waals surface area (Å²) in [7, 11) is 0. The molecule has 6 atom stereocenters. The highest BCUT2D eigenvalue weighted by Gasteiger charge is 2.67. The molecule has 0 spiro atoms. The summed E-state index contributed by atoms with van der Waals surface area (Å²) in [6.45, 7) is 1.41. The number of phenolic OH excluding ortho intramolecular Hbond substituents is 1. The summed E-state index contributed by atoms with van der Waals surface area (Å²) in [5, 5.41) is 19.1. The molecule has 2 aliphatic carbocycles. The number of carbonyl (C=O) groups excluding carboxylic acids is 4. The smallest absolute Gasteiger partial charge is 0.305 e. The SMILES string of the molecule is C[C@@]12C(=O)N(c3ccc(F)c(Cl)c3)C(=O)[C@@H]1C[C@@H]1C(=CC[C@@H]3C(=O)N(CCC(=O)O)C(=O)[C@@H]31)[C@@H]2c1ccc(O)cc1Cl. The maximum Gasteiger partial charge on any atom is 0.305 e. The molecule has 2 saturated heterocycles. The Morgan fingerprint density at radius 2 is 1.76 bits per heavy atom. The van der Waals surface area contributed by atoms with Crippen LogP contribution in [0.2, 0.25) is 10.0 Å². The molecule has 0 unspecified atom stereocenters. The summed E-state index contributed by atoms with van der Waals surface area (Å²) in [5.74, 6) is -7.93. The summed E-state index contributed by atoms with van der Waals surface area (Å²) in [5.41, 5.74) is -0.133. The van der Waals surface area contributed by atoms with Gasteiger partial charge in [-0.2, -0.15) is 0 Å². The number of likely N-dealkylation sites (tertiary alicyclic amines) is 1. The lowest BCUT2D eigenvalue weighted by Crippen LogP contribution is -2.49. The molecular formula is C30H25Cl2FN2O7. The average molecular weight is 615 g/mol. The fourth-order valence-corrected chi connectivity index (χ4v) is 7.93. The van der Waals surface area contributed by atoms with E-state index >= 15 is 0 Å². The van der Waals surface area contributed by atoms with Gasteiger partial charge >= 0.3 is 5.97 Å². The van der Waals surface area contributed by atoms with Crippen molar-refractivity contribution in [2.24, 2.45) is 29.1 Å². The number of carbonyl (C=O) groups is 5. The van der Waals surface area contributed by atoms with Gasteiger partial charge < -0.3 is 10.2 Å². The van der Waals surface area contributed by atoms with Gasteiger partial charge in [-0.05, 0) is 61.6 Å². The summed E-state index contributed by atoms with van der Waals surface area (Å²) in [6.07, 6.45) is 1.72. The molecule has 0 aromatic heterocycles. The number of carboxylic acid groups (broad SMARTS) is 1. The normalized spacial score (nSPS) is 30.3. The van der Waals surface area contributed by atoms with Crippen molar-refractivity contribution in [2.45, 2.75) is 32.1 Å². The van der Waals surface area contributed by atoms with Crippen molar-refractivity contribution in [1.82, 2.24) is 4.90 Å². The largest absolute Gasteiger partial charge is 0.508 e. The van der Waals surface area contributed by atoms with Crippen molar-refractivity contribution in [3.05, 3.63) is 69.5 Å². The Balaban J connectivity index is 1.49. The molecule has 3 fully saturated rings. The lowest BCUT2D eigenvalue weighted by atomic mass is 9.51. The van der Waals surface area contributed by atoms with Gasteiger partial charge in [0.1, 0.15) is 11.6 Å². The van der Waals surface area contributed by atoms with Crippen LogP contribution in [0.3, 0.4) is 0 Å². The summed E-state index contributed by atoms with van der Waals surface area (Å²) < 4.78 is 14.0. The van der Waals surface area contributed by atoms with Crippen molar-refractivity contribution in [3.63, 3.8) is 0 Å². The molecule has 4 amide bonds. The second kappa shape index (κ2) is 9.91. The molecule has 0 bridgehead atoms. The molecule has 42 heavy (non-hydrogen) atoms. The zero-order chi connectivity index (χ0) is 30.2. The number of anilines is 1. The van der Waals surface area contributed by atoms with Gasteiger partial charge in [0.25, 0.3) is 0 Å². The fraction of sp³-hybridized carbons (Fsp3) is 0.367. The van der Waals surface area contributed by atoms with Gasteiger partial charge in [0.15, 0.2) is 0 Å². The van der Waals surface area contributed by atoms with Gasteiger partial charge in [-0.1, -0.05) is 40.9 Å². The Morgan fingerprint density at radius 3 is 2.43 bits per heavy atom. The van der Waals surface area contributed by atoms with Crippen molar-refractivity contribution in [3.8, 4) is 5.75 Å². The van der Waals surface area contributed by atoms with Crippen LogP contribution in [0.5, 0.6) is 5.75 Å². The number of aromatic hydroxyl groups is 1. The lowest BCUT2D eigenvalue weighted by molar-refractivity contribution is -0.142. The number of fused-ring (bicyclic) bond motifs is 4. The Bertz CT molecular complexity index is 1630. The van der Waals surface area contributed by atoms with Crippen LogP contribution in [0, 0.1) is 34.9 Å². The first-order valence-corrected chi connectivity index (χ1v) is 14.2. The van der Waals surface area contributed by atoms with Crippen LogP contribution in [0.4, 0.5) is 10.1 Å². The van der Waals surface area contributed by atoms with Crippen molar-refractivity contribution in [2.75, 3.05) is 11.4 Å². The first-order valence-electron chi connectivity index (χ1n) is 13.4. The third-order valence-corrected chi connectivity index (χ3v) is 9.99. The number of aliphatic carboxylic acids is 1. The van der Waals surface area contributed by atoms with Crippen LogP contribution in [-0.2, 0) is 24.0 Å². The quantitative estimate of drug-likeness (QED) is 0.373. The van der Waals surface area contributed by atoms with Crippen molar-refractivity contribution < 1.29 is 38.6 Å². The van der Waals surface area contributed by atoms with E-state index in [0.717, 1.165) is 15.9 Å². The number of imide groups is 2. The van der Waals surface area contributed by atoms with Gasteiger partial charge in [-0.3, -0.25) is 28.9 Å². The first kappa shape index (κ1) is 28.4. The Labute approximate surface area is 249 Å². The summed E-state index contributed by atoms with van der Waals surface area (Å²) in [6, 6.07) is 7.90. The van der Waals surface area contributed by atoms with Crippen LogP contribution >= 0.6 is 23.2 Å². The molecule has 2 N–H and O–H groups in total. The topological polar surface area (TPSA) is 132 Å². The second-order valence-corrected chi connectivity index (χ2v) is 12.3. The molecule has 9 nitrogen and oxygen atoms in total. The minimum absolute atomic E-state index is 0.0808. The Morgan fingerprint density at radius 1 is 1.02 bits per heavy atom. The Kier molecular flexibility index (Phi) is 6.69. The molecule has 2 aromatic rings. The van der Waals surface area contributed by atoms with E-state index in [4.69, 9.17) is 28.3 Å². The lowest BCUT2D eigenvalue weighted by Gasteiger charge is -2.49. The van der Waals surface area contributed by atoms with E-state index in [9.17, 15) is 33.5 Å². The van der Waals surface area contributed by atoms with Gasteiger partial charge in [-0.25, -0.2) is 9.29 Å². The molecule has 12 heteroatoms. The Hall–Kier alpha value is -3.76. The fourth-order valence-electron chi connectivity index (χ4n) is 7.47. The van der Waals surface area contributed by atoms with Gasteiger partial charge in [0.2, 0.25) is 23.6 Å². The average Bonchev–Trinajstić information content (AvgIpc) is 3.29. The molecule has 1 saturated carbocycles. The predicted octanol–water partition coefficient (Wildman–Crippen LogP) is 4.54. The van der Waals surface area contributed by atoms with E-state index in [-0.39, 0.29) is 40.9 Å². The number of carboxylic acids is 1. The van der Waals surface area contributed by atoms with Crippen molar-refractivity contribution in [1.29, 1.82) is 0 Å². The zero-order valence-corrected chi connectivity index (χ0v) is 23.7. The molecule has 2 aliphatic heterocycles. The van der Waals surface area contributed by atoms with Crippen LogP contribution < -0.4 is 4.90 Å². The number of allylic oxidation sites excluding steroid dienone is 2. The van der Waals surface area contributed by atoms with E-state index in [1.165, 1.54) is 24.3 Å². The molecular weight excluding hydrogens is 590 g/mol. The standard InChI is InChI=1S/C30H25Cl2FN2O7/c1-30-19(27(40)35(29(30)42)13-2-7-22(33)21(32)10-13)12-18-15(25(30)16-4-3-14(36)11-20(16)31)5-6-17-24(18)28(41)34(26(17)39)9-8-23(37)38/h2-5,7,10-11,17-19,24-25,36H,6,8-9,12H2,1H3,(H,37,38)/t17-,18+,19-,24-,25+,30+/m0/s1. The van der Waals surface area contributed by atoms with Crippen LogP contribution in [0.15, 0.2) is 48.0 Å². The second-order valence-electron chi connectivity index (χ2n) is 11.4. The number of phenols is 1. The molecule has 2 aromatic carbocycles. The summed E-state index contributed by atoms with van der Waals surface area (Å²) >= 11 is 12.6. The molecule has 6 rings (SSSR count). The minimum atomic E-state index is -1.39. The molecule has 0 radical (unpaired) electrons. The van der Waals surface area contributed by atoms with E-state index in [1.54, 1.807) is 13.0 Å². The van der Waals surface area contributed by atoms with E-state index < -0.39 is 76.8 Å². The first-order chi connectivity index (χ1) is 19.9. The molecule has 2 heterocycles. The number of amides is 4. The maximum absolute atomic E-state index is 14.3. The molecule has 218 valence electrons. The number of hydrogen-bond acceptors (Lipinski definition) is 6. The third kappa shape index (κ3) is 3.99. The number of benzene rings is 2. The number of nitrogens with zero attached hydrogens (tertiary/aromatic N) is 2. The molecule has 4 aliphatic rings. The van der Waals surface area contributed by atoms with Crippen LogP contribution in [-0.4, -0.2) is 51.3 Å². The number of rotatable bonds is 5. The van der Waals surface area contributed by atoms with E-state index in [2.05, 4.69) is 0 Å². The third-order valence-electron chi connectivity index (χ3n) is 9.37. The highest BCUT2D eigenvalue weighted by molar-refractivity contribution is 6.32. The maximum atomic E-state index is 14.3. The minimum Gasteiger partial charge on any atom is -0.508 e. The zero-order valence-electron chi connectivity index (χ0n) is 22.2. The van der Waals surface area contributed by atoms with Crippen LogP contribution in [0.1, 0.15) is 37.7 Å². The number of halogens is 3. The summed E-state index contributed by atoms with van der Waals surface area (Å²) in [4.78, 5) is 68.5. The van der Waals surface area contributed by atoms with Gasteiger partial charge in [-0.15, -0.1) is 0 Å². The highest BCUT2D eigenvalue weighted by atomic mass is 35.5. The predicted molar refractivity (Wildman–Crippen MR) is 148 cm³/mol.